The molecule has 5 heteroatoms. The van der Waals surface area contributed by atoms with E-state index in [1.165, 1.54) is 0 Å². The number of aromatic amines is 1. The number of rotatable bonds is 5. The molecule has 0 aliphatic heterocycles. The first-order valence-electron chi connectivity index (χ1n) is 7.10. The van der Waals surface area contributed by atoms with Gasteiger partial charge in [0, 0.05) is 19.5 Å². The molecule has 3 rings (SSSR count). The van der Waals surface area contributed by atoms with Crippen molar-refractivity contribution in [3.8, 4) is 0 Å². The second-order valence-corrected chi connectivity index (χ2v) is 5.06. The molecule has 0 saturated carbocycles. The Labute approximate surface area is 123 Å². The summed E-state index contributed by atoms with van der Waals surface area (Å²) in [5.41, 5.74) is 9.07. The molecular weight excluding hydrogens is 262 g/mol. The molecule has 0 bridgehead atoms. The first kappa shape index (κ1) is 13.6. The summed E-state index contributed by atoms with van der Waals surface area (Å²) in [6, 6.07) is 14.1. The van der Waals surface area contributed by atoms with Crippen molar-refractivity contribution in [3.05, 3.63) is 53.9 Å². The molecular formula is C16H19N5. The van der Waals surface area contributed by atoms with Crippen molar-refractivity contribution in [2.24, 2.45) is 5.73 Å². The van der Waals surface area contributed by atoms with E-state index in [1.807, 2.05) is 37.4 Å². The Kier molecular flexibility index (Phi) is 3.83. The molecule has 21 heavy (non-hydrogen) atoms. The molecule has 0 fully saturated rings. The Morgan fingerprint density at radius 3 is 2.71 bits per heavy atom. The first-order valence-corrected chi connectivity index (χ1v) is 7.10. The summed E-state index contributed by atoms with van der Waals surface area (Å²) in [5, 5.41) is 3.02. The number of hydrogen-bond acceptors (Lipinski definition) is 4. The lowest BCUT2D eigenvalue weighted by Gasteiger charge is -2.10. The van der Waals surface area contributed by atoms with E-state index < -0.39 is 0 Å². The number of benzene rings is 1. The van der Waals surface area contributed by atoms with Gasteiger partial charge in [-0.15, -0.1) is 0 Å². The number of nitrogens with zero attached hydrogens (tertiary/aromatic N) is 2. The second-order valence-electron chi connectivity index (χ2n) is 5.06. The summed E-state index contributed by atoms with van der Waals surface area (Å²) in [4.78, 5) is 12.2. The number of pyridine rings is 1. The molecule has 1 atom stereocenters. The topological polar surface area (TPSA) is 79.6 Å². The van der Waals surface area contributed by atoms with Gasteiger partial charge in [-0.1, -0.05) is 30.3 Å². The Bertz CT molecular complexity index is 720. The summed E-state index contributed by atoms with van der Waals surface area (Å²) in [7, 11) is 1.85. The molecule has 0 amide bonds. The number of aromatic nitrogens is 3. The number of hydrogen-bond donors (Lipinski definition) is 3. The van der Waals surface area contributed by atoms with Gasteiger partial charge in [-0.2, -0.15) is 0 Å². The largest absolute Gasteiger partial charge is 0.373 e. The van der Waals surface area contributed by atoms with Crippen LogP contribution in [0.1, 0.15) is 23.9 Å². The third kappa shape index (κ3) is 3.03. The van der Waals surface area contributed by atoms with Crippen molar-refractivity contribution in [3.63, 3.8) is 0 Å². The fourth-order valence-corrected chi connectivity index (χ4v) is 2.36. The van der Waals surface area contributed by atoms with E-state index in [1.54, 1.807) is 0 Å². The monoisotopic (exact) mass is 281 g/mol. The Morgan fingerprint density at radius 1 is 1.14 bits per heavy atom. The molecule has 0 aliphatic rings. The third-order valence-corrected chi connectivity index (χ3v) is 3.57. The number of H-pyrrole nitrogens is 1. The number of nitrogens with one attached hydrogen (secondary N) is 2. The van der Waals surface area contributed by atoms with Crippen LogP contribution in [0, 0.1) is 0 Å². The molecule has 108 valence electrons. The Hall–Kier alpha value is -2.40. The molecule has 0 radical (unpaired) electrons. The van der Waals surface area contributed by atoms with Crippen LogP contribution in [0.25, 0.3) is 11.2 Å². The lowest BCUT2D eigenvalue weighted by atomic mass is 10.0. The average Bonchev–Trinajstić information content (AvgIpc) is 2.95. The van der Waals surface area contributed by atoms with Crippen molar-refractivity contribution in [1.82, 2.24) is 15.0 Å². The fourth-order valence-electron chi connectivity index (χ4n) is 2.36. The molecule has 5 nitrogen and oxygen atoms in total. The van der Waals surface area contributed by atoms with Crippen molar-refractivity contribution in [2.45, 2.75) is 18.9 Å². The minimum absolute atomic E-state index is 0.0280. The SMILES string of the molecule is CNc1ccc2[nH]c(CCC(N)c3ccccc3)nc2n1. The zero-order valence-electron chi connectivity index (χ0n) is 12.0. The number of imidazole rings is 1. The maximum Gasteiger partial charge on any atom is 0.179 e. The van der Waals surface area contributed by atoms with Crippen LogP contribution < -0.4 is 11.1 Å². The van der Waals surface area contributed by atoms with E-state index in [-0.39, 0.29) is 6.04 Å². The lowest BCUT2D eigenvalue weighted by molar-refractivity contribution is 0.638. The molecule has 3 aromatic rings. The summed E-state index contributed by atoms with van der Waals surface area (Å²) in [5.74, 6) is 1.75. The van der Waals surface area contributed by atoms with Gasteiger partial charge in [0.05, 0.1) is 5.52 Å². The van der Waals surface area contributed by atoms with Gasteiger partial charge in [-0.25, -0.2) is 9.97 Å². The lowest BCUT2D eigenvalue weighted by Crippen LogP contribution is -2.11. The van der Waals surface area contributed by atoms with Gasteiger partial charge in [0.2, 0.25) is 0 Å². The maximum absolute atomic E-state index is 6.22. The molecule has 1 unspecified atom stereocenters. The number of nitrogens with two attached hydrogens (primary N) is 1. The Balaban J connectivity index is 1.70. The minimum atomic E-state index is 0.0280. The van der Waals surface area contributed by atoms with E-state index in [4.69, 9.17) is 5.73 Å². The quantitative estimate of drug-likeness (QED) is 0.671. The van der Waals surface area contributed by atoms with Crippen LogP contribution in [0.15, 0.2) is 42.5 Å². The summed E-state index contributed by atoms with van der Waals surface area (Å²) >= 11 is 0. The first-order chi connectivity index (χ1) is 10.3. The molecule has 0 spiro atoms. The van der Waals surface area contributed by atoms with Crippen LogP contribution >= 0.6 is 0 Å². The normalized spacial score (nSPS) is 12.5. The van der Waals surface area contributed by atoms with Crippen LogP contribution in [-0.4, -0.2) is 22.0 Å². The number of anilines is 1. The fraction of sp³-hybridized carbons (Fsp3) is 0.250. The Morgan fingerprint density at radius 2 is 1.95 bits per heavy atom. The van der Waals surface area contributed by atoms with Gasteiger partial charge in [0.1, 0.15) is 11.6 Å². The van der Waals surface area contributed by atoms with Crippen LogP contribution in [0.3, 0.4) is 0 Å². The highest BCUT2D eigenvalue weighted by Gasteiger charge is 2.09. The third-order valence-electron chi connectivity index (χ3n) is 3.57. The second kappa shape index (κ2) is 5.93. The highest BCUT2D eigenvalue weighted by molar-refractivity contribution is 5.72. The predicted octanol–water partition coefficient (Wildman–Crippen LogP) is 2.63. The van der Waals surface area contributed by atoms with Gasteiger partial charge in [-0.3, -0.25) is 0 Å². The van der Waals surface area contributed by atoms with Crippen LogP contribution in [0.4, 0.5) is 5.82 Å². The molecule has 0 saturated heterocycles. The van der Waals surface area contributed by atoms with E-state index in [2.05, 4.69) is 32.4 Å². The smallest absolute Gasteiger partial charge is 0.179 e. The molecule has 2 aromatic heterocycles. The highest BCUT2D eigenvalue weighted by atomic mass is 15.0. The number of fused-ring (bicyclic) bond motifs is 1. The molecule has 1 aromatic carbocycles. The number of aryl methyl sites for hydroxylation is 1. The van der Waals surface area contributed by atoms with Gasteiger partial charge in [0.25, 0.3) is 0 Å². The van der Waals surface area contributed by atoms with Crippen molar-refractivity contribution in [1.29, 1.82) is 0 Å². The highest BCUT2D eigenvalue weighted by Crippen LogP contribution is 2.17. The van der Waals surface area contributed by atoms with Gasteiger partial charge >= 0.3 is 0 Å². The standard InChI is InChI=1S/C16H19N5/c1-18-14-10-8-13-16(20-14)21-15(19-13)9-7-12(17)11-5-3-2-4-6-11/h2-6,8,10,12H,7,9,17H2,1H3,(H2,18,19,20,21). The van der Waals surface area contributed by atoms with Gasteiger partial charge in [0.15, 0.2) is 5.65 Å². The zero-order chi connectivity index (χ0) is 14.7. The van der Waals surface area contributed by atoms with Crippen LogP contribution in [0.2, 0.25) is 0 Å². The predicted molar refractivity (Wildman–Crippen MR) is 85.1 cm³/mol. The summed E-state index contributed by atoms with van der Waals surface area (Å²) in [6.07, 6.45) is 1.66. The van der Waals surface area contributed by atoms with Crippen molar-refractivity contribution < 1.29 is 0 Å². The summed E-state index contributed by atoms with van der Waals surface area (Å²) in [6.45, 7) is 0. The van der Waals surface area contributed by atoms with E-state index in [0.717, 1.165) is 41.2 Å². The van der Waals surface area contributed by atoms with E-state index >= 15 is 0 Å². The van der Waals surface area contributed by atoms with Gasteiger partial charge < -0.3 is 16.0 Å². The van der Waals surface area contributed by atoms with Gasteiger partial charge in [-0.05, 0) is 24.1 Å². The maximum atomic E-state index is 6.22. The average molecular weight is 281 g/mol. The molecule has 0 aliphatic carbocycles. The van der Waals surface area contributed by atoms with Crippen LogP contribution in [-0.2, 0) is 6.42 Å². The molecule has 2 heterocycles. The van der Waals surface area contributed by atoms with Crippen molar-refractivity contribution in [2.75, 3.05) is 12.4 Å². The van der Waals surface area contributed by atoms with Crippen molar-refractivity contribution >= 4 is 17.0 Å². The minimum Gasteiger partial charge on any atom is -0.373 e. The zero-order valence-corrected chi connectivity index (χ0v) is 12.0. The summed E-state index contributed by atoms with van der Waals surface area (Å²) < 4.78 is 0. The molecule has 4 N–H and O–H groups in total. The van der Waals surface area contributed by atoms with Crippen LogP contribution in [0.5, 0.6) is 0 Å². The van der Waals surface area contributed by atoms with E-state index in [0.29, 0.717) is 0 Å². The van der Waals surface area contributed by atoms with E-state index in [9.17, 15) is 0 Å².